The molecule has 0 saturated carbocycles. The number of nitrogens with zero attached hydrogens (tertiary/aromatic N) is 1. The number of phenols is 1. The van der Waals surface area contributed by atoms with Gasteiger partial charge in [-0.3, -0.25) is 4.79 Å². The number of aromatic hydroxyl groups is 1. The predicted molar refractivity (Wildman–Crippen MR) is 69.7 cm³/mol. The highest BCUT2D eigenvalue weighted by Crippen LogP contribution is 2.26. The van der Waals surface area contributed by atoms with E-state index in [9.17, 15) is 9.90 Å². The van der Waals surface area contributed by atoms with Gasteiger partial charge in [0.15, 0.2) is 0 Å². The number of ether oxygens (including phenoxy) is 1. The summed E-state index contributed by atoms with van der Waals surface area (Å²) in [5.41, 5.74) is 0.713. The Morgan fingerprint density at radius 2 is 2.33 bits per heavy atom. The molecule has 4 heteroatoms. The van der Waals surface area contributed by atoms with Crippen molar-refractivity contribution in [3.05, 3.63) is 24.3 Å². The van der Waals surface area contributed by atoms with Gasteiger partial charge in [0.1, 0.15) is 11.9 Å². The Labute approximate surface area is 107 Å². The van der Waals surface area contributed by atoms with Crippen LogP contribution in [0.5, 0.6) is 5.75 Å². The first-order valence-electron chi connectivity index (χ1n) is 6.35. The smallest absolute Gasteiger partial charge is 0.256 e. The molecular formula is C14H19NO3. The standard InChI is InChI=1S/C14H19NO3/c1-3-15(11-5-4-6-12(16)9-11)14(17)13-10(2)7-8-18-13/h4-6,9-10,13,16H,3,7-8H2,1-2H3. The van der Waals surface area contributed by atoms with E-state index in [1.807, 2.05) is 19.9 Å². The monoisotopic (exact) mass is 249 g/mol. The topological polar surface area (TPSA) is 49.8 Å². The summed E-state index contributed by atoms with van der Waals surface area (Å²) in [5.74, 6) is 0.399. The Morgan fingerprint density at radius 3 is 2.89 bits per heavy atom. The fraction of sp³-hybridized carbons (Fsp3) is 0.500. The van der Waals surface area contributed by atoms with E-state index in [2.05, 4.69) is 0 Å². The van der Waals surface area contributed by atoms with Crippen molar-refractivity contribution in [2.45, 2.75) is 26.4 Å². The number of phenolic OH excluding ortho intramolecular Hbond substituents is 1. The van der Waals surface area contributed by atoms with Gasteiger partial charge < -0.3 is 14.7 Å². The van der Waals surface area contributed by atoms with Crippen molar-refractivity contribution in [2.24, 2.45) is 5.92 Å². The predicted octanol–water partition coefficient (Wildman–Crippen LogP) is 2.17. The maximum atomic E-state index is 12.4. The van der Waals surface area contributed by atoms with Gasteiger partial charge in [0.05, 0.1) is 0 Å². The number of amides is 1. The summed E-state index contributed by atoms with van der Waals surface area (Å²) in [5, 5.41) is 9.49. The second kappa shape index (κ2) is 5.40. The van der Waals surface area contributed by atoms with E-state index in [-0.39, 0.29) is 23.7 Å². The lowest BCUT2D eigenvalue weighted by molar-refractivity contribution is -0.128. The first-order valence-corrected chi connectivity index (χ1v) is 6.35. The van der Waals surface area contributed by atoms with Crippen LogP contribution in [0.2, 0.25) is 0 Å². The van der Waals surface area contributed by atoms with Gasteiger partial charge in [-0.15, -0.1) is 0 Å². The van der Waals surface area contributed by atoms with Gasteiger partial charge in [0, 0.05) is 24.9 Å². The van der Waals surface area contributed by atoms with E-state index < -0.39 is 0 Å². The molecule has 0 aromatic heterocycles. The molecule has 1 fully saturated rings. The van der Waals surface area contributed by atoms with E-state index in [0.717, 1.165) is 6.42 Å². The molecule has 2 unspecified atom stereocenters. The van der Waals surface area contributed by atoms with Crippen LogP contribution in [0.25, 0.3) is 0 Å². The molecule has 98 valence electrons. The SMILES string of the molecule is CCN(C(=O)C1OCCC1C)c1cccc(O)c1. The third kappa shape index (κ3) is 2.48. The van der Waals surface area contributed by atoms with Crippen molar-refractivity contribution >= 4 is 11.6 Å². The Morgan fingerprint density at radius 1 is 1.56 bits per heavy atom. The van der Waals surface area contributed by atoms with Crippen molar-refractivity contribution in [1.29, 1.82) is 0 Å². The Bertz CT molecular complexity index is 433. The van der Waals surface area contributed by atoms with Crippen LogP contribution in [0.4, 0.5) is 5.69 Å². The van der Waals surface area contributed by atoms with Crippen LogP contribution in [-0.2, 0) is 9.53 Å². The maximum absolute atomic E-state index is 12.4. The van der Waals surface area contributed by atoms with E-state index in [4.69, 9.17) is 4.74 Å². The van der Waals surface area contributed by atoms with Crippen LogP contribution in [0, 0.1) is 5.92 Å². The van der Waals surface area contributed by atoms with Gasteiger partial charge >= 0.3 is 0 Å². The van der Waals surface area contributed by atoms with E-state index in [0.29, 0.717) is 18.8 Å². The molecular weight excluding hydrogens is 230 g/mol. The molecule has 1 aliphatic rings. The second-order valence-corrected chi connectivity index (χ2v) is 4.66. The van der Waals surface area contributed by atoms with Crippen LogP contribution < -0.4 is 4.90 Å². The van der Waals surface area contributed by atoms with Crippen LogP contribution in [0.3, 0.4) is 0 Å². The quantitative estimate of drug-likeness (QED) is 0.893. The summed E-state index contributed by atoms with van der Waals surface area (Å²) in [4.78, 5) is 14.1. The van der Waals surface area contributed by atoms with Crippen molar-refractivity contribution in [1.82, 2.24) is 0 Å². The largest absolute Gasteiger partial charge is 0.508 e. The average Bonchev–Trinajstić information content (AvgIpc) is 2.76. The van der Waals surface area contributed by atoms with Crippen molar-refractivity contribution < 1.29 is 14.6 Å². The van der Waals surface area contributed by atoms with Crippen LogP contribution in [0.15, 0.2) is 24.3 Å². The molecule has 0 bridgehead atoms. The molecule has 0 aliphatic carbocycles. The molecule has 18 heavy (non-hydrogen) atoms. The lowest BCUT2D eigenvalue weighted by Crippen LogP contribution is -2.41. The van der Waals surface area contributed by atoms with Crippen LogP contribution in [0.1, 0.15) is 20.3 Å². The van der Waals surface area contributed by atoms with Crippen molar-refractivity contribution in [3.63, 3.8) is 0 Å². The summed E-state index contributed by atoms with van der Waals surface area (Å²) in [7, 11) is 0. The first-order chi connectivity index (χ1) is 8.63. The zero-order chi connectivity index (χ0) is 13.1. The number of carbonyl (C=O) groups excluding carboxylic acids is 1. The highest BCUT2D eigenvalue weighted by Gasteiger charge is 2.34. The first kappa shape index (κ1) is 12.9. The van der Waals surface area contributed by atoms with Crippen LogP contribution in [-0.4, -0.2) is 30.3 Å². The fourth-order valence-corrected chi connectivity index (χ4v) is 2.29. The fourth-order valence-electron chi connectivity index (χ4n) is 2.29. The Balaban J connectivity index is 2.20. The van der Waals surface area contributed by atoms with Gasteiger partial charge in [0.25, 0.3) is 5.91 Å². The molecule has 2 atom stereocenters. The summed E-state index contributed by atoms with van der Waals surface area (Å²) in [6.45, 7) is 5.16. The Kier molecular flexibility index (Phi) is 3.87. The Hall–Kier alpha value is -1.55. The van der Waals surface area contributed by atoms with Gasteiger partial charge in [0.2, 0.25) is 0 Å². The maximum Gasteiger partial charge on any atom is 0.256 e. The molecule has 0 radical (unpaired) electrons. The minimum absolute atomic E-state index is 0.0203. The summed E-state index contributed by atoms with van der Waals surface area (Å²) < 4.78 is 5.51. The van der Waals surface area contributed by atoms with Crippen LogP contribution >= 0.6 is 0 Å². The molecule has 1 saturated heterocycles. The van der Waals surface area contributed by atoms with Gasteiger partial charge in [-0.2, -0.15) is 0 Å². The highest BCUT2D eigenvalue weighted by molar-refractivity contribution is 5.97. The van der Waals surface area contributed by atoms with Gasteiger partial charge in [-0.25, -0.2) is 0 Å². The van der Waals surface area contributed by atoms with Crippen molar-refractivity contribution in [2.75, 3.05) is 18.1 Å². The van der Waals surface area contributed by atoms with E-state index >= 15 is 0 Å². The molecule has 1 aliphatic heterocycles. The molecule has 1 aromatic rings. The molecule has 1 N–H and O–H groups in total. The van der Waals surface area contributed by atoms with E-state index in [1.165, 1.54) is 0 Å². The molecule has 2 rings (SSSR count). The average molecular weight is 249 g/mol. The van der Waals surface area contributed by atoms with Gasteiger partial charge in [-0.05, 0) is 31.4 Å². The third-order valence-electron chi connectivity index (χ3n) is 3.35. The number of hydrogen-bond donors (Lipinski definition) is 1. The van der Waals surface area contributed by atoms with E-state index in [1.54, 1.807) is 23.1 Å². The van der Waals surface area contributed by atoms with Gasteiger partial charge in [-0.1, -0.05) is 13.0 Å². The number of anilines is 1. The molecule has 4 nitrogen and oxygen atoms in total. The molecule has 1 heterocycles. The minimum atomic E-state index is -0.354. The number of carbonyl (C=O) groups is 1. The molecule has 1 aromatic carbocycles. The third-order valence-corrected chi connectivity index (χ3v) is 3.35. The lowest BCUT2D eigenvalue weighted by Gasteiger charge is -2.25. The van der Waals surface area contributed by atoms with Crippen molar-refractivity contribution in [3.8, 4) is 5.75 Å². The second-order valence-electron chi connectivity index (χ2n) is 4.66. The molecule has 0 spiro atoms. The summed E-state index contributed by atoms with van der Waals surface area (Å²) in [6.07, 6.45) is 0.570. The number of rotatable bonds is 3. The normalized spacial score (nSPS) is 23.0. The highest BCUT2D eigenvalue weighted by atomic mass is 16.5. The summed E-state index contributed by atoms with van der Waals surface area (Å²) in [6, 6.07) is 6.75. The zero-order valence-electron chi connectivity index (χ0n) is 10.8. The number of hydrogen-bond acceptors (Lipinski definition) is 3. The molecule has 1 amide bonds. The minimum Gasteiger partial charge on any atom is -0.508 e. The summed E-state index contributed by atoms with van der Waals surface area (Å²) >= 11 is 0. The lowest BCUT2D eigenvalue weighted by atomic mass is 10.0. The zero-order valence-corrected chi connectivity index (χ0v) is 10.8. The number of benzene rings is 1. The number of likely N-dealkylation sites (N-methyl/N-ethyl adjacent to an activating group) is 1.